The highest BCUT2D eigenvalue weighted by atomic mass is 32.2. The molecule has 3 aliphatic rings. The van der Waals surface area contributed by atoms with Crippen molar-refractivity contribution in [2.24, 2.45) is 22.4 Å². The highest BCUT2D eigenvalue weighted by Gasteiger charge is 2.52. The molecule has 3 heteroatoms. The molecular weight excluding hydrogens is 302 g/mol. The van der Waals surface area contributed by atoms with Crippen LogP contribution >= 0.6 is 12.2 Å². The molecule has 0 radical (unpaired) electrons. The van der Waals surface area contributed by atoms with Crippen LogP contribution in [0.1, 0.15) is 63.0 Å². The van der Waals surface area contributed by atoms with Crippen LogP contribution in [0, 0.1) is 17.3 Å². The molecule has 2 fully saturated rings. The normalized spacial score (nSPS) is 37.2. The van der Waals surface area contributed by atoms with Gasteiger partial charge in [-0.2, -0.15) is 0 Å². The Morgan fingerprint density at radius 2 is 2.13 bits per heavy atom. The minimum absolute atomic E-state index is 0.479. The number of fused-ring (bicyclic) bond motifs is 5. The first kappa shape index (κ1) is 15.6. The predicted octanol–water partition coefficient (Wildman–Crippen LogP) is 5.39. The van der Waals surface area contributed by atoms with Gasteiger partial charge in [0.2, 0.25) is 0 Å². The molecule has 0 saturated heterocycles. The van der Waals surface area contributed by atoms with Gasteiger partial charge in [-0.05, 0) is 91.9 Å². The summed E-state index contributed by atoms with van der Waals surface area (Å²) >= 11 is 0.937. The van der Waals surface area contributed by atoms with E-state index < -0.39 is 0 Å². The number of allylic oxidation sites excluding steroid dienone is 2. The quantitative estimate of drug-likeness (QED) is 0.449. The monoisotopic (exact) mass is 329 g/mol. The third-order valence-corrected chi connectivity index (χ3v) is 7.33. The van der Waals surface area contributed by atoms with E-state index in [-0.39, 0.29) is 0 Å². The molecule has 3 aliphatic carbocycles. The van der Waals surface area contributed by atoms with Gasteiger partial charge in [0.15, 0.2) is 0 Å². The van der Waals surface area contributed by atoms with Crippen LogP contribution in [-0.2, 0) is 6.42 Å². The molecule has 1 aromatic carbocycles. The van der Waals surface area contributed by atoms with Crippen LogP contribution in [0.5, 0.6) is 5.75 Å². The molecule has 2 N–H and O–H groups in total. The summed E-state index contributed by atoms with van der Waals surface area (Å²) in [5.41, 5.74) is 5.29. The topological polar surface area (TPSA) is 35.2 Å². The number of nitrogens with two attached hydrogens (primary N) is 1. The first-order valence-electron chi connectivity index (χ1n) is 8.99. The molecule has 0 heterocycles. The molecule has 0 bridgehead atoms. The van der Waals surface area contributed by atoms with Gasteiger partial charge in [0, 0.05) is 0 Å². The Kier molecular flexibility index (Phi) is 3.97. The van der Waals surface area contributed by atoms with Crippen LogP contribution in [0.4, 0.5) is 0 Å². The van der Waals surface area contributed by atoms with E-state index >= 15 is 0 Å². The lowest BCUT2D eigenvalue weighted by atomic mass is 9.55. The average Bonchev–Trinajstić information content (AvgIpc) is 2.91. The fraction of sp³-hybridized carbons (Fsp3) is 0.600. The summed E-state index contributed by atoms with van der Waals surface area (Å²) < 4.78 is 5.41. The lowest BCUT2D eigenvalue weighted by Crippen LogP contribution is -2.40. The molecule has 4 rings (SSSR count). The van der Waals surface area contributed by atoms with Gasteiger partial charge in [-0.25, -0.2) is 5.14 Å². The number of rotatable bonds is 2. The van der Waals surface area contributed by atoms with Gasteiger partial charge in [-0.3, -0.25) is 0 Å². The summed E-state index contributed by atoms with van der Waals surface area (Å²) in [6, 6.07) is 6.62. The van der Waals surface area contributed by atoms with Crippen LogP contribution in [0.2, 0.25) is 0 Å². The van der Waals surface area contributed by atoms with Crippen LogP contribution in [-0.4, -0.2) is 0 Å². The van der Waals surface area contributed by atoms with Gasteiger partial charge >= 0.3 is 0 Å². The van der Waals surface area contributed by atoms with E-state index in [4.69, 9.17) is 9.32 Å². The molecule has 0 amide bonds. The largest absolute Gasteiger partial charge is 0.410 e. The summed E-state index contributed by atoms with van der Waals surface area (Å²) in [4.78, 5) is 0. The predicted molar refractivity (Wildman–Crippen MR) is 97.2 cm³/mol. The van der Waals surface area contributed by atoms with Crippen molar-refractivity contribution in [3.05, 3.63) is 41.0 Å². The van der Waals surface area contributed by atoms with Crippen molar-refractivity contribution in [3.63, 3.8) is 0 Å². The molecule has 0 spiro atoms. The zero-order valence-electron chi connectivity index (χ0n) is 14.2. The van der Waals surface area contributed by atoms with Gasteiger partial charge in [-0.1, -0.05) is 24.6 Å². The van der Waals surface area contributed by atoms with Gasteiger partial charge < -0.3 is 4.18 Å². The summed E-state index contributed by atoms with van der Waals surface area (Å²) in [6.45, 7) is 4.78. The molecule has 2 nitrogen and oxygen atoms in total. The lowest BCUT2D eigenvalue weighted by molar-refractivity contribution is 0.0813. The molecule has 4 atom stereocenters. The maximum absolute atomic E-state index is 5.43. The van der Waals surface area contributed by atoms with Crippen molar-refractivity contribution in [1.29, 1.82) is 0 Å². The second-order valence-electron chi connectivity index (χ2n) is 7.76. The third-order valence-electron chi connectivity index (χ3n) is 7.04. The molecule has 1 aromatic rings. The molecule has 0 aliphatic heterocycles. The second-order valence-corrected chi connectivity index (χ2v) is 8.12. The molecule has 4 unspecified atom stereocenters. The van der Waals surface area contributed by atoms with E-state index in [0.717, 1.165) is 35.7 Å². The average molecular weight is 330 g/mol. The maximum atomic E-state index is 5.43. The van der Waals surface area contributed by atoms with Gasteiger partial charge in [0.05, 0.1) is 0 Å². The zero-order valence-corrected chi connectivity index (χ0v) is 15.0. The highest BCUT2D eigenvalue weighted by molar-refractivity contribution is 7.92. The molecule has 23 heavy (non-hydrogen) atoms. The molecule has 124 valence electrons. The van der Waals surface area contributed by atoms with Crippen molar-refractivity contribution in [2.75, 3.05) is 0 Å². The highest BCUT2D eigenvalue weighted by Crippen LogP contribution is 2.62. The van der Waals surface area contributed by atoms with E-state index in [1.165, 1.54) is 44.1 Å². The third kappa shape index (κ3) is 2.35. The fourth-order valence-corrected chi connectivity index (χ4v) is 6.20. The van der Waals surface area contributed by atoms with Crippen molar-refractivity contribution in [2.45, 2.75) is 58.3 Å². The Morgan fingerprint density at radius 1 is 1.26 bits per heavy atom. The minimum Gasteiger partial charge on any atom is -0.410 e. The van der Waals surface area contributed by atoms with Crippen LogP contribution in [0.3, 0.4) is 0 Å². The Bertz CT molecular complexity index is 641. The zero-order chi connectivity index (χ0) is 16.0. The van der Waals surface area contributed by atoms with E-state index in [1.54, 1.807) is 11.1 Å². The van der Waals surface area contributed by atoms with E-state index in [1.807, 2.05) is 0 Å². The van der Waals surface area contributed by atoms with Crippen LogP contribution < -0.4 is 9.32 Å². The summed E-state index contributed by atoms with van der Waals surface area (Å²) in [5, 5.41) is 5.43. The number of hydrogen-bond donors (Lipinski definition) is 1. The van der Waals surface area contributed by atoms with Crippen molar-refractivity contribution < 1.29 is 4.18 Å². The Morgan fingerprint density at radius 3 is 2.91 bits per heavy atom. The van der Waals surface area contributed by atoms with E-state index in [2.05, 4.69) is 38.1 Å². The fourth-order valence-electron chi connectivity index (χ4n) is 5.99. The Balaban J connectivity index is 1.65. The first-order valence-corrected chi connectivity index (χ1v) is 9.79. The first-order chi connectivity index (χ1) is 11.2. The smallest absolute Gasteiger partial charge is 0.140 e. The van der Waals surface area contributed by atoms with Gasteiger partial charge in [0.1, 0.15) is 18.0 Å². The molecule has 2 saturated carbocycles. The second kappa shape index (κ2) is 5.86. The lowest BCUT2D eigenvalue weighted by Gasteiger charge is -2.49. The number of aryl methyl sites for hydroxylation is 1. The van der Waals surface area contributed by atoms with Crippen LogP contribution in [0.25, 0.3) is 0 Å². The summed E-state index contributed by atoms with van der Waals surface area (Å²) in [5.74, 6) is 3.41. The summed E-state index contributed by atoms with van der Waals surface area (Å²) in [7, 11) is 0. The van der Waals surface area contributed by atoms with E-state index in [9.17, 15) is 0 Å². The Hall–Kier alpha value is -0.930. The van der Waals surface area contributed by atoms with Crippen molar-refractivity contribution >= 4 is 12.2 Å². The van der Waals surface area contributed by atoms with Crippen molar-refractivity contribution in [3.8, 4) is 5.75 Å². The number of benzene rings is 1. The summed E-state index contributed by atoms with van der Waals surface area (Å²) in [6.07, 6.45) is 10.4. The van der Waals surface area contributed by atoms with Crippen LogP contribution in [0.15, 0.2) is 29.8 Å². The molecule has 0 aromatic heterocycles. The number of hydrogen-bond acceptors (Lipinski definition) is 3. The standard InChI is InChI=1S/C20H27NOS/c1-3-14-5-9-19-18-7-4-13-12-15(22-23-21)6-8-16(13)17(18)10-11-20(14,19)2/h3,6,8,12,17-19H,4-5,7,9-11,21H2,1-2H3/b14-3-. The minimum atomic E-state index is 0.479. The van der Waals surface area contributed by atoms with Crippen molar-refractivity contribution in [1.82, 2.24) is 0 Å². The van der Waals surface area contributed by atoms with Gasteiger partial charge in [0.25, 0.3) is 0 Å². The van der Waals surface area contributed by atoms with E-state index in [0.29, 0.717) is 5.41 Å². The van der Waals surface area contributed by atoms with Gasteiger partial charge in [-0.15, -0.1) is 0 Å². The molecular formula is C20H27NOS. The maximum Gasteiger partial charge on any atom is 0.140 e. The SMILES string of the molecule is C/C=C1/CCC2C3CCc4cc(OSN)ccc4C3CCC12C. The Labute approximate surface area is 144 Å².